The molecule has 1 fully saturated rings. The van der Waals surface area contributed by atoms with Gasteiger partial charge >= 0.3 is 0 Å². The number of hydrogen-bond donors (Lipinski definition) is 2. The van der Waals surface area contributed by atoms with Gasteiger partial charge in [-0.2, -0.15) is 0 Å². The SMILES string of the molecule is CC1(C(=O)Nc2ccc(F)c(C#CCCO)c2)CCCO1. The molecule has 0 saturated carbocycles. The van der Waals surface area contributed by atoms with E-state index in [1.54, 1.807) is 6.92 Å². The summed E-state index contributed by atoms with van der Waals surface area (Å²) in [4.78, 5) is 12.2. The van der Waals surface area contributed by atoms with Crippen molar-refractivity contribution in [2.45, 2.75) is 31.8 Å². The van der Waals surface area contributed by atoms with Crippen LogP contribution in [-0.2, 0) is 9.53 Å². The van der Waals surface area contributed by atoms with E-state index in [4.69, 9.17) is 9.84 Å². The molecular formula is C16H18FNO3. The van der Waals surface area contributed by atoms with Crippen LogP contribution >= 0.6 is 0 Å². The first-order valence-electron chi connectivity index (χ1n) is 6.90. The normalized spacial score (nSPS) is 20.7. The molecule has 0 radical (unpaired) electrons. The molecule has 0 aliphatic carbocycles. The van der Waals surface area contributed by atoms with E-state index in [0.717, 1.165) is 6.42 Å². The Morgan fingerprint density at radius 2 is 2.38 bits per heavy atom. The molecule has 0 spiro atoms. The fourth-order valence-corrected chi connectivity index (χ4v) is 2.13. The van der Waals surface area contributed by atoms with Gasteiger partial charge in [-0.3, -0.25) is 4.79 Å². The number of amides is 1. The number of nitrogens with one attached hydrogen (secondary N) is 1. The van der Waals surface area contributed by atoms with Gasteiger partial charge in [-0.15, -0.1) is 0 Å². The van der Waals surface area contributed by atoms with E-state index < -0.39 is 11.4 Å². The van der Waals surface area contributed by atoms with Crippen LogP contribution in [0.1, 0.15) is 31.7 Å². The Kier molecular flexibility index (Phi) is 4.94. The van der Waals surface area contributed by atoms with Crippen LogP contribution < -0.4 is 5.32 Å². The molecule has 1 aliphatic heterocycles. The zero-order valence-electron chi connectivity index (χ0n) is 11.9. The molecule has 1 heterocycles. The van der Waals surface area contributed by atoms with Gasteiger partial charge in [-0.25, -0.2) is 4.39 Å². The smallest absolute Gasteiger partial charge is 0.256 e. The van der Waals surface area contributed by atoms with E-state index in [1.807, 2.05) is 0 Å². The molecule has 1 aromatic rings. The van der Waals surface area contributed by atoms with E-state index >= 15 is 0 Å². The minimum absolute atomic E-state index is 0.0687. The summed E-state index contributed by atoms with van der Waals surface area (Å²) in [6.07, 6.45) is 1.80. The zero-order valence-corrected chi connectivity index (χ0v) is 11.9. The summed E-state index contributed by atoms with van der Waals surface area (Å²) in [6, 6.07) is 4.23. The van der Waals surface area contributed by atoms with Gasteiger partial charge in [0.1, 0.15) is 11.4 Å². The van der Waals surface area contributed by atoms with E-state index in [-0.39, 0.29) is 24.5 Å². The largest absolute Gasteiger partial charge is 0.395 e. The first-order chi connectivity index (χ1) is 10.0. The van der Waals surface area contributed by atoms with Crippen LogP contribution in [0.4, 0.5) is 10.1 Å². The van der Waals surface area contributed by atoms with Crippen molar-refractivity contribution in [3.63, 3.8) is 0 Å². The van der Waals surface area contributed by atoms with Crippen molar-refractivity contribution in [3.8, 4) is 11.8 Å². The standard InChI is InChI=1S/C16H18FNO3/c1-16(8-4-10-21-16)15(20)18-13-6-7-14(17)12(11-13)5-2-3-9-19/h6-7,11,19H,3-4,8-10H2,1H3,(H,18,20). The van der Waals surface area contributed by atoms with Gasteiger partial charge in [-0.1, -0.05) is 11.8 Å². The van der Waals surface area contributed by atoms with Crippen molar-refractivity contribution in [1.29, 1.82) is 0 Å². The maximum Gasteiger partial charge on any atom is 0.256 e. The Morgan fingerprint density at radius 1 is 1.57 bits per heavy atom. The Morgan fingerprint density at radius 3 is 3.05 bits per heavy atom. The number of carbonyl (C=O) groups excluding carboxylic acids is 1. The summed E-state index contributed by atoms with van der Waals surface area (Å²) in [5.74, 6) is 4.60. The molecule has 1 saturated heterocycles. The second kappa shape index (κ2) is 6.70. The average Bonchev–Trinajstić information content (AvgIpc) is 2.91. The molecule has 2 rings (SSSR count). The summed E-state index contributed by atoms with van der Waals surface area (Å²) < 4.78 is 19.1. The van der Waals surface area contributed by atoms with Gasteiger partial charge in [-0.05, 0) is 38.0 Å². The predicted octanol–water partition coefficient (Wildman–Crippen LogP) is 2.07. The third-order valence-corrected chi connectivity index (χ3v) is 3.38. The van der Waals surface area contributed by atoms with E-state index in [0.29, 0.717) is 18.7 Å². The van der Waals surface area contributed by atoms with Crippen molar-refractivity contribution < 1.29 is 19.0 Å². The fourth-order valence-electron chi connectivity index (χ4n) is 2.13. The van der Waals surface area contributed by atoms with Gasteiger partial charge in [0.15, 0.2) is 0 Å². The summed E-state index contributed by atoms with van der Waals surface area (Å²) in [5.41, 5.74) is -0.151. The average molecular weight is 291 g/mol. The van der Waals surface area contributed by atoms with Crippen molar-refractivity contribution in [1.82, 2.24) is 0 Å². The van der Waals surface area contributed by atoms with Crippen LogP contribution in [0.15, 0.2) is 18.2 Å². The first-order valence-corrected chi connectivity index (χ1v) is 6.90. The minimum atomic E-state index is -0.822. The highest BCUT2D eigenvalue weighted by atomic mass is 19.1. The minimum Gasteiger partial charge on any atom is -0.395 e. The predicted molar refractivity (Wildman–Crippen MR) is 77.2 cm³/mol. The van der Waals surface area contributed by atoms with E-state index in [1.165, 1.54) is 18.2 Å². The highest BCUT2D eigenvalue weighted by Crippen LogP contribution is 2.27. The number of anilines is 1. The number of carbonyl (C=O) groups is 1. The lowest BCUT2D eigenvalue weighted by atomic mass is 10.0. The number of hydrogen-bond acceptors (Lipinski definition) is 3. The zero-order chi connectivity index (χ0) is 15.3. The van der Waals surface area contributed by atoms with Crippen LogP contribution in [0.25, 0.3) is 0 Å². The number of halogens is 1. The number of aliphatic hydroxyl groups is 1. The Hall–Kier alpha value is -1.90. The van der Waals surface area contributed by atoms with Gasteiger partial charge in [0.25, 0.3) is 5.91 Å². The maximum atomic E-state index is 13.6. The Bertz CT molecular complexity index is 583. The van der Waals surface area contributed by atoms with Crippen molar-refractivity contribution in [2.75, 3.05) is 18.5 Å². The molecule has 21 heavy (non-hydrogen) atoms. The molecule has 2 N–H and O–H groups in total. The van der Waals surface area contributed by atoms with Crippen LogP contribution in [0.5, 0.6) is 0 Å². The number of aliphatic hydroxyl groups excluding tert-OH is 1. The molecular weight excluding hydrogens is 273 g/mol. The second-order valence-electron chi connectivity index (χ2n) is 5.11. The molecule has 0 aromatic heterocycles. The number of benzene rings is 1. The fraction of sp³-hybridized carbons (Fsp3) is 0.438. The van der Waals surface area contributed by atoms with Crippen LogP contribution in [0.2, 0.25) is 0 Å². The lowest BCUT2D eigenvalue weighted by molar-refractivity contribution is -0.133. The third-order valence-electron chi connectivity index (χ3n) is 3.38. The molecule has 1 aromatic carbocycles. The van der Waals surface area contributed by atoms with E-state index in [9.17, 15) is 9.18 Å². The summed E-state index contributed by atoms with van der Waals surface area (Å²) >= 11 is 0. The number of rotatable bonds is 3. The quantitative estimate of drug-likeness (QED) is 0.838. The third kappa shape index (κ3) is 3.81. The van der Waals surface area contributed by atoms with Crippen molar-refractivity contribution >= 4 is 11.6 Å². The first kappa shape index (κ1) is 15.5. The number of ether oxygens (including phenoxy) is 1. The van der Waals surface area contributed by atoms with Gasteiger partial charge < -0.3 is 15.2 Å². The van der Waals surface area contributed by atoms with Crippen LogP contribution in [0.3, 0.4) is 0 Å². The molecule has 1 aliphatic rings. The lowest BCUT2D eigenvalue weighted by Gasteiger charge is -2.21. The van der Waals surface area contributed by atoms with Gasteiger partial charge in [0, 0.05) is 18.7 Å². The van der Waals surface area contributed by atoms with Crippen molar-refractivity contribution in [2.24, 2.45) is 0 Å². The topological polar surface area (TPSA) is 58.6 Å². The van der Waals surface area contributed by atoms with Crippen LogP contribution in [-0.4, -0.2) is 29.8 Å². The molecule has 1 atom stereocenters. The molecule has 1 unspecified atom stereocenters. The highest BCUT2D eigenvalue weighted by molar-refractivity contribution is 5.97. The molecule has 112 valence electrons. The van der Waals surface area contributed by atoms with Gasteiger partial charge in [0.05, 0.1) is 12.2 Å². The maximum absolute atomic E-state index is 13.6. The molecule has 1 amide bonds. The summed E-state index contributed by atoms with van der Waals surface area (Å²) in [5, 5.41) is 11.4. The van der Waals surface area contributed by atoms with Gasteiger partial charge in [0.2, 0.25) is 0 Å². The Labute approximate surface area is 123 Å². The van der Waals surface area contributed by atoms with Crippen LogP contribution in [0, 0.1) is 17.7 Å². The Balaban J connectivity index is 2.12. The molecule has 0 bridgehead atoms. The van der Waals surface area contributed by atoms with Crippen molar-refractivity contribution in [3.05, 3.63) is 29.6 Å². The summed E-state index contributed by atoms with van der Waals surface area (Å²) in [7, 11) is 0. The van der Waals surface area contributed by atoms with E-state index in [2.05, 4.69) is 17.2 Å². The highest BCUT2D eigenvalue weighted by Gasteiger charge is 2.37. The molecule has 5 heteroatoms. The monoisotopic (exact) mass is 291 g/mol. The lowest BCUT2D eigenvalue weighted by Crippen LogP contribution is -2.39. The molecule has 4 nitrogen and oxygen atoms in total. The second-order valence-corrected chi connectivity index (χ2v) is 5.11. The summed E-state index contributed by atoms with van der Waals surface area (Å²) in [6.45, 7) is 2.26.